The van der Waals surface area contributed by atoms with Crippen molar-refractivity contribution < 1.29 is 13.2 Å². The van der Waals surface area contributed by atoms with Crippen LogP contribution in [0.1, 0.15) is 5.56 Å². The highest BCUT2D eigenvalue weighted by Crippen LogP contribution is 2.34. The van der Waals surface area contributed by atoms with Crippen molar-refractivity contribution in [2.75, 3.05) is 6.61 Å². The lowest BCUT2D eigenvalue weighted by atomic mass is 10.0. The molecule has 0 aromatic heterocycles. The van der Waals surface area contributed by atoms with Crippen LogP contribution in [0.15, 0.2) is 60.0 Å². The van der Waals surface area contributed by atoms with Gasteiger partial charge in [-0.05, 0) is 25.1 Å². The first kappa shape index (κ1) is 15.3. The first-order valence-corrected chi connectivity index (χ1v) is 7.94. The number of sulfonamides is 1. The van der Waals surface area contributed by atoms with E-state index in [4.69, 9.17) is 9.88 Å². The molecule has 0 amide bonds. The summed E-state index contributed by atoms with van der Waals surface area (Å²) >= 11 is 0. The molecule has 2 N–H and O–H groups in total. The minimum absolute atomic E-state index is 0.0859. The monoisotopic (exact) mass is 303 g/mol. The molecule has 2 aromatic carbocycles. The molecule has 0 bridgehead atoms. The molecule has 0 saturated carbocycles. The fourth-order valence-electron chi connectivity index (χ4n) is 2.07. The van der Waals surface area contributed by atoms with E-state index in [1.54, 1.807) is 24.3 Å². The number of hydrogen-bond acceptors (Lipinski definition) is 3. The summed E-state index contributed by atoms with van der Waals surface area (Å²) in [6.07, 6.45) is 1.63. The van der Waals surface area contributed by atoms with E-state index >= 15 is 0 Å². The van der Waals surface area contributed by atoms with E-state index < -0.39 is 10.0 Å². The Balaban J connectivity index is 2.67. The Hall–Kier alpha value is -2.11. The fraction of sp³-hybridized carbons (Fsp3) is 0.125. The lowest BCUT2D eigenvalue weighted by Gasteiger charge is -2.13. The molecule has 0 aliphatic carbocycles. The van der Waals surface area contributed by atoms with Gasteiger partial charge in [0.2, 0.25) is 10.0 Å². The minimum Gasteiger partial charge on any atom is -0.489 e. The molecule has 21 heavy (non-hydrogen) atoms. The van der Waals surface area contributed by atoms with Crippen LogP contribution in [0.25, 0.3) is 11.1 Å². The van der Waals surface area contributed by atoms with Gasteiger partial charge in [0.15, 0.2) is 0 Å². The summed E-state index contributed by atoms with van der Waals surface area (Å²) in [4.78, 5) is 0.0859. The lowest BCUT2D eigenvalue weighted by Crippen LogP contribution is -2.13. The van der Waals surface area contributed by atoms with E-state index in [0.717, 1.165) is 5.56 Å². The van der Waals surface area contributed by atoms with E-state index in [9.17, 15) is 8.42 Å². The summed E-state index contributed by atoms with van der Waals surface area (Å²) in [5.41, 5.74) is 2.17. The third-order valence-electron chi connectivity index (χ3n) is 2.98. The quantitative estimate of drug-likeness (QED) is 0.863. The molecule has 0 aliphatic heterocycles. The molecular formula is C16H17NO3S. The predicted molar refractivity (Wildman–Crippen MR) is 83.7 cm³/mol. The largest absolute Gasteiger partial charge is 0.489 e. The average Bonchev–Trinajstić information content (AvgIpc) is 2.44. The van der Waals surface area contributed by atoms with Crippen molar-refractivity contribution in [1.29, 1.82) is 0 Å². The van der Waals surface area contributed by atoms with Crippen molar-refractivity contribution in [1.82, 2.24) is 0 Å². The third-order valence-corrected chi connectivity index (χ3v) is 3.94. The number of ether oxygens (including phenoxy) is 1. The van der Waals surface area contributed by atoms with Crippen LogP contribution >= 0.6 is 0 Å². The summed E-state index contributed by atoms with van der Waals surface area (Å²) in [6, 6.07) is 12.3. The second-order valence-electron chi connectivity index (χ2n) is 4.64. The zero-order valence-corrected chi connectivity index (χ0v) is 12.6. The molecule has 2 aromatic rings. The molecule has 0 unspecified atom stereocenters. The van der Waals surface area contributed by atoms with Crippen molar-refractivity contribution in [3.05, 3.63) is 60.7 Å². The maximum atomic E-state index is 11.8. The molecule has 4 nitrogen and oxygen atoms in total. The second kappa shape index (κ2) is 6.11. The van der Waals surface area contributed by atoms with E-state index in [2.05, 4.69) is 6.58 Å². The number of benzene rings is 2. The first-order chi connectivity index (χ1) is 9.93. The van der Waals surface area contributed by atoms with E-state index in [0.29, 0.717) is 23.5 Å². The lowest BCUT2D eigenvalue weighted by molar-refractivity contribution is 0.364. The smallest absolute Gasteiger partial charge is 0.238 e. The fourth-order valence-corrected chi connectivity index (χ4v) is 2.80. The van der Waals surface area contributed by atoms with Gasteiger partial charge in [0.1, 0.15) is 12.4 Å². The summed E-state index contributed by atoms with van der Waals surface area (Å²) in [5, 5.41) is 5.31. The van der Waals surface area contributed by atoms with Crippen molar-refractivity contribution in [2.24, 2.45) is 5.14 Å². The van der Waals surface area contributed by atoms with Gasteiger partial charge >= 0.3 is 0 Å². The van der Waals surface area contributed by atoms with E-state index in [1.807, 2.05) is 25.1 Å². The Bertz CT molecular complexity index is 767. The Morgan fingerprint density at radius 3 is 2.57 bits per heavy atom. The second-order valence-corrected chi connectivity index (χ2v) is 6.17. The van der Waals surface area contributed by atoms with Gasteiger partial charge in [-0.3, -0.25) is 0 Å². The van der Waals surface area contributed by atoms with Gasteiger partial charge in [-0.1, -0.05) is 42.5 Å². The molecule has 0 atom stereocenters. The topological polar surface area (TPSA) is 69.4 Å². The summed E-state index contributed by atoms with van der Waals surface area (Å²) < 4.78 is 29.2. The maximum absolute atomic E-state index is 11.8. The number of nitrogens with two attached hydrogens (primary N) is 1. The Labute approximate surface area is 124 Å². The van der Waals surface area contributed by atoms with Crippen molar-refractivity contribution in [3.8, 4) is 16.9 Å². The SMILES string of the molecule is C=CCOc1ccccc1-c1cc(C)ccc1S(N)(=O)=O. The molecule has 0 spiro atoms. The summed E-state index contributed by atoms with van der Waals surface area (Å²) in [7, 11) is -3.81. The average molecular weight is 303 g/mol. The van der Waals surface area contributed by atoms with Crippen LogP contribution in [-0.4, -0.2) is 15.0 Å². The van der Waals surface area contributed by atoms with Gasteiger partial charge in [-0.2, -0.15) is 0 Å². The zero-order valence-electron chi connectivity index (χ0n) is 11.7. The third kappa shape index (κ3) is 3.51. The summed E-state index contributed by atoms with van der Waals surface area (Å²) in [6.45, 7) is 5.84. The first-order valence-electron chi connectivity index (χ1n) is 6.40. The molecule has 5 heteroatoms. The van der Waals surface area contributed by atoms with Gasteiger partial charge in [0, 0.05) is 11.1 Å². The van der Waals surface area contributed by atoms with E-state index in [-0.39, 0.29) is 4.90 Å². The van der Waals surface area contributed by atoms with Gasteiger partial charge in [0.05, 0.1) is 4.90 Å². The molecule has 2 rings (SSSR count). The molecule has 0 radical (unpaired) electrons. The van der Waals surface area contributed by atoms with Crippen LogP contribution < -0.4 is 9.88 Å². The van der Waals surface area contributed by atoms with Gasteiger partial charge < -0.3 is 4.74 Å². The normalized spacial score (nSPS) is 11.1. The van der Waals surface area contributed by atoms with Crippen LogP contribution in [0.5, 0.6) is 5.75 Å². The summed E-state index contributed by atoms with van der Waals surface area (Å²) in [5.74, 6) is 0.591. The van der Waals surface area contributed by atoms with Crippen LogP contribution in [0.3, 0.4) is 0 Å². The Kier molecular flexibility index (Phi) is 4.45. The van der Waals surface area contributed by atoms with Crippen LogP contribution in [-0.2, 0) is 10.0 Å². The Morgan fingerprint density at radius 2 is 1.90 bits per heavy atom. The number of aryl methyl sites for hydroxylation is 1. The highest BCUT2D eigenvalue weighted by atomic mass is 32.2. The Morgan fingerprint density at radius 1 is 1.19 bits per heavy atom. The standard InChI is InChI=1S/C16H17NO3S/c1-3-10-20-15-7-5-4-6-13(15)14-11-12(2)8-9-16(14)21(17,18)19/h3-9,11H,1,10H2,2H3,(H2,17,18,19). The van der Waals surface area contributed by atoms with Crippen LogP contribution in [0.4, 0.5) is 0 Å². The minimum atomic E-state index is -3.81. The van der Waals surface area contributed by atoms with Gasteiger partial charge in [0.25, 0.3) is 0 Å². The molecular weight excluding hydrogens is 286 g/mol. The predicted octanol–water partition coefficient (Wildman–Crippen LogP) is 2.87. The van der Waals surface area contributed by atoms with E-state index in [1.165, 1.54) is 6.07 Å². The number of primary sulfonamides is 1. The van der Waals surface area contributed by atoms with Gasteiger partial charge in [-0.25, -0.2) is 13.6 Å². The van der Waals surface area contributed by atoms with Crippen molar-refractivity contribution in [2.45, 2.75) is 11.8 Å². The highest BCUT2D eigenvalue weighted by molar-refractivity contribution is 7.89. The molecule has 0 heterocycles. The van der Waals surface area contributed by atoms with Crippen LogP contribution in [0.2, 0.25) is 0 Å². The highest BCUT2D eigenvalue weighted by Gasteiger charge is 2.17. The molecule has 0 aliphatic rings. The zero-order chi connectivity index (χ0) is 15.5. The number of rotatable bonds is 5. The number of para-hydroxylation sites is 1. The maximum Gasteiger partial charge on any atom is 0.238 e. The molecule has 0 fully saturated rings. The number of hydrogen-bond donors (Lipinski definition) is 1. The van der Waals surface area contributed by atoms with Crippen LogP contribution in [0, 0.1) is 6.92 Å². The van der Waals surface area contributed by atoms with Crippen molar-refractivity contribution in [3.63, 3.8) is 0 Å². The van der Waals surface area contributed by atoms with Crippen molar-refractivity contribution >= 4 is 10.0 Å². The molecule has 0 saturated heterocycles. The van der Waals surface area contributed by atoms with Gasteiger partial charge in [-0.15, -0.1) is 0 Å². The molecule has 110 valence electrons.